The lowest BCUT2D eigenvalue weighted by Gasteiger charge is -2.53. The molecule has 0 radical (unpaired) electrons. The number of halogens is 3. The van der Waals surface area contributed by atoms with Gasteiger partial charge in [0.25, 0.3) is 0 Å². The molecular formula is C31H29Cl2FN2O3S. The third-order valence-corrected chi connectivity index (χ3v) is 8.42. The summed E-state index contributed by atoms with van der Waals surface area (Å²) in [7, 11) is 0. The molecule has 0 bridgehead atoms. The van der Waals surface area contributed by atoms with E-state index in [2.05, 4.69) is 5.32 Å². The van der Waals surface area contributed by atoms with Gasteiger partial charge in [0.15, 0.2) is 0 Å². The lowest BCUT2D eigenvalue weighted by atomic mass is 9.58. The first-order valence-electron chi connectivity index (χ1n) is 13.0. The number of likely N-dealkylation sites (tertiary alicyclic amines) is 1. The van der Waals surface area contributed by atoms with Crippen molar-refractivity contribution in [1.82, 2.24) is 4.90 Å². The molecule has 1 saturated heterocycles. The molecule has 1 amide bonds. The number of rotatable bonds is 4. The van der Waals surface area contributed by atoms with Gasteiger partial charge in [0, 0.05) is 28.1 Å². The zero-order valence-corrected chi connectivity index (χ0v) is 24.9. The number of esters is 1. The minimum atomic E-state index is -1.31. The second kappa shape index (κ2) is 10.4. The summed E-state index contributed by atoms with van der Waals surface area (Å²) >= 11 is 18.7. The third kappa shape index (κ3) is 5.00. The van der Waals surface area contributed by atoms with Crippen LogP contribution in [0.2, 0.25) is 10.0 Å². The van der Waals surface area contributed by atoms with E-state index in [1.807, 2.05) is 31.2 Å². The number of hydrogen-bond donors (Lipinski definition) is 1. The van der Waals surface area contributed by atoms with E-state index in [0.29, 0.717) is 31.8 Å². The molecule has 5 rings (SSSR count). The van der Waals surface area contributed by atoms with Crippen LogP contribution in [0.15, 0.2) is 60.7 Å². The van der Waals surface area contributed by atoms with Gasteiger partial charge in [-0.05, 0) is 86.3 Å². The molecule has 0 saturated carbocycles. The van der Waals surface area contributed by atoms with Gasteiger partial charge in [-0.1, -0.05) is 59.7 Å². The molecule has 9 heteroatoms. The van der Waals surface area contributed by atoms with Crippen LogP contribution in [0.5, 0.6) is 0 Å². The molecule has 2 heterocycles. The molecule has 0 unspecified atom stereocenters. The number of thiocarbonyl (C=S) groups is 1. The Balaban J connectivity index is 1.82. The van der Waals surface area contributed by atoms with Crippen LogP contribution in [0.3, 0.4) is 0 Å². The standard InChI is InChI=1S/C31H29Cl2FN2O3S/c1-17-8-10-21(34)14-22(17)28-31(23-11-9-20(33)13-25(23)35-29(31)38)24(18-6-5-7-19(32)12-18)15-26(40)36(28)16-27(37)39-30(2,3)4/h5-14,24,28H,15-16H2,1-4H3,(H,35,38)/t24-,28+,31-/m0/s1. The number of benzene rings is 3. The average Bonchev–Trinajstić information content (AvgIpc) is 3.13. The van der Waals surface area contributed by atoms with Crippen LogP contribution in [0.4, 0.5) is 10.1 Å². The molecule has 2 aliphatic rings. The highest BCUT2D eigenvalue weighted by atomic mass is 35.5. The van der Waals surface area contributed by atoms with Crippen molar-refractivity contribution in [3.05, 3.63) is 98.8 Å². The molecule has 2 aliphatic heterocycles. The average molecular weight is 600 g/mol. The fourth-order valence-corrected chi connectivity index (χ4v) is 6.80. The third-order valence-electron chi connectivity index (χ3n) is 7.55. The van der Waals surface area contributed by atoms with E-state index in [0.717, 1.165) is 11.1 Å². The Hall–Kier alpha value is -3.00. The summed E-state index contributed by atoms with van der Waals surface area (Å²) in [4.78, 5) is 29.9. The van der Waals surface area contributed by atoms with E-state index >= 15 is 0 Å². The van der Waals surface area contributed by atoms with Gasteiger partial charge in [-0.3, -0.25) is 9.59 Å². The predicted octanol–water partition coefficient (Wildman–Crippen LogP) is 7.53. The number of carbonyl (C=O) groups excluding carboxylic acids is 2. The van der Waals surface area contributed by atoms with E-state index in [-0.39, 0.29) is 18.9 Å². The van der Waals surface area contributed by atoms with E-state index in [1.165, 1.54) is 12.1 Å². The molecular weight excluding hydrogens is 570 g/mol. The zero-order valence-electron chi connectivity index (χ0n) is 22.6. The molecule has 1 fully saturated rings. The summed E-state index contributed by atoms with van der Waals surface area (Å²) in [6, 6.07) is 16.2. The Labute approximate surface area is 248 Å². The van der Waals surface area contributed by atoms with Gasteiger partial charge >= 0.3 is 5.97 Å². The van der Waals surface area contributed by atoms with Crippen molar-refractivity contribution in [2.45, 2.75) is 57.1 Å². The lowest BCUT2D eigenvalue weighted by Crippen LogP contribution is -2.59. The van der Waals surface area contributed by atoms with E-state index in [9.17, 15) is 14.0 Å². The van der Waals surface area contributed by atoms with Crippen LogP contribution in [0.25, 0.3) is 0 Å². The van der Waals surface area contributed by atoms with Gasteiger partial charge in [0.2, 0.25) is 5.91 Å². The number of anilines is 1. The molecule has 3 aromatic rings. The summed E-state index contributed by atoms with van der Waals surface area (Å²) in [6.45, 7) is 7.00. The number of nitrogens with one attached hydrogen (secondary N) is 1. The fraction of sp³-hybridized carbons (Fsp3) is 0.323. The summed E-state index contributed by atoms with van der Waals surface area (Å²) < 4.78 is 20.6. The first-order valence-corrected chi connectivity index (χ1v) is 14.1. The van der Waals surface area contributed by atoms with Crippen LogP contribution >= 0.6 is 35.4 Å². The van der Waals surface area contributed by atoms with E-state index in [1.54, 1.807) is 49.9 Å². The van der Waals surface area contributed by atoms with Crippen molar-refractivity contribution in [2.24, 2.45) is 0 Å². The van der Waals surface area contributed by atoms with Gasteiger partial charge in [-0.25, -0.2) is 4.39 Å². The summed E-state index contributed by atoms with van der Waals surface area (Å²) in [5.41, 5.74) is 1.33. The highest BCUT2D eigenvalue weighted by molar-refractivity contribution is 7.80. The highest BCUT2D eigenvalue weighted by Gasteiger charge is 2.63. The number of ether oxygens (including phenoxy) is 1. The van der Waals surface area contributed by atoms with Crippen molar-refractivity contribution in [2.75, 3.05) is 11.9 Å². The first-order chi connectivity index (χ1) is 18.8. The maximum atomic E-state index is 14.9. The minimum absolute atomic E-state index is 0.211. The summed E-state index contributed by atoms with van der Waals surface area (Å²) in [5, 5.41) is 4.02. The maximum Gasteiger partial charge on any atom is 0.326 e. The number of carbonyl (C=O) groups is 2. The normalized spacial score (nSPS) is 22.3. The maximum absolute atomic E-state index is 14.9. The SMILES string of the molecule is Cc1ccc(F)cc1[C@H]1N(CC(=O)OC(C)(C)C)C(=S)C[C@@H](c2cccc(Cl)c2)[C@]12C(=O)Nc1cc(Cl)ccc12. The van der Waals surface area contributed by atoms with Crippen molar-refractivity contribution < 1.29 is 18.7 Å². The van der Waals surface area contributed by atoms with Crippen LogP contribution in [-0.4, -0.2) is 33.9 Å². The van der Waals surface area contributed by atoms with Crippen LogP contribution in [0.1, 0.15) is 61.4 Å². The minimum Gasteiger partial charge on any atom is -0.459 e. The Bertz CT molecular complexity index is 1540. The van der Waals surface area contributed by atoms with Crippen LogP contribution in [0, 0.1) is 12.7 Å². The van der Waals surface area contributed by atoms with Crippen LogP contribution in [-0.2, 0) is 19.7 Å². The fourth-order valence-electron chi connectivity index (χ4n) is 6.09. The summed E-state index contributed by atoms with van der Waals surface area (Å²) in [6.07, 6.45) is 0.277. The monoisotopic (exact) mass is 598 g/mol. The topological polar surface area (TPSA) is 58.6 Å². The van der Waals surface area contributed by atoms with Gasteiger partial charge in [0.1, 0.15) is 23.4 Å². The Morgan fingerprint density at radius 3 is 2.55 bits per heavy atom. The van der Waals surface area contributed by atoms with Gasteiger partial charge < -0.3 is 15.0 Å². The molecule has 1 N–H and O–H groups in total. The molecule has 3 aromatic carbocycles. The Kier molecular flexibility index (Phi) is 7.44. The number of fused-ring (bicyclic) bond motifs is 2. The summed E-state index contributed by atoms with van der Waals surface area (Å²) in [5.74, 6) is -1.73. The molecule has 208 valence electrons. The van der Waals surface area contributed by atoms with Gasteiger partial charge in [-0.15, -0.1) is 0 Å². The molecule has 0 aromatic heterocycles. The molecule has 1 spiro atoms. The number of amides is 1. The number of nitrogens with zero attached hydrogens (tertiary/aromatic N) is 1. The molecule has 3 atom stereocenters. The second-order valence-electron chi connectivity index (χ2n) is 11.3. The van der Waals surface area contributed by atoms with Crippen molar-refractivity contribution >= 4 is 58.0 Å². The largest absolute Gasteiger partial charge is 0.459 e. The zero-order chi connectivity index (χ0) is 29.0. The number of hydrogen-bond acceptors (Lipinski definition) is 4. The molecule has 0 aliphatic carbocycles. The number of aryl methyl sites for hydroxylation is 1. The lowest BCUT2D eigenvalue weighted by molar-refractivity contribution is -0.156. The molecule has 5 nitrogen and oxygen atoms in total. The van der Waals surface area contributed by atoms with Crippen molar-refractivity contribution in [3.8, 4) is 0 Å². The van der Waals surface area contributed by atoms with E-state index < -0.39 is 34.8 Å². The highest BCUT2D eigenvalue weighted by Crippen LogP contribution is 2.60. The molecule has 40 heavy (non-hydrogen) atoms. The smallest absolute Gasteiger partial charge is 0.326 e. The van der Waals surface area contributed by atoms with Gasteiger partial charge in [0.05, 0.1) is 11.0 Å². The quantitative estimate of drug-likeness (QED) is 0.248. The Morgan fingerprint density at radius 2 is 1.85 bits per heavy atom. The second-order valence-corrected chi connectivity index (χ2v) is 12.7. The van der Waals surface area contributed by atoms with Crippen molar-refractivity contribution in [3.63, 3.8) is 0 Å². The first kappa shape index (κ1) is 28.5. The predicted molar refractivity (Wildman–Crippen MR) is 160 cm³/mol. The van der Waals surface area contributed by atoms with Gasteiger partial charge in [-0.2, -0.15) is 0 Å². The van der Waals surface area contributed by atoms with Crippen LogP contribution < -0.4 is 5.32 Å². The Morgan fingerprint density at radius 1 is 1.12 bits per heavy atom. The van der Waals surface area contributed by atoms with E-state index in [4.69, 9.17) is 40.2 Å². The van der Waals surface area contributed by atoms with Crippen molar-refractivity contribution in [1.29, 1.82) is 0 Å². The number of piperidine rings is 1.